The molecular weight excluding hydrogens is 212 g/mol. The Morgan fingerprint density at radius 2 is 2.20 bits per heavy atom. The van der Waals surface area contributed by atoms with Crippen LogP contribution in [0, 0.1) is 0 Å². The number of carboxylic acid groups (broad SMARTS) is 1. The fourth-order valence-electron chi connectivity index (χ4n) is 1.20. The maximum Gasteiger partial charge on any atom is 0.356 e. The van der Waals surface area contributed by atoms with Crippen LogP contribution in [-0.4, -0.2) is 16.1 Å². The highest BCUT2D eigenvalue weighted by Crippen LogP contribution is 2.24. The molecule has 76 valence electrons. The second kappa shape index (κ2) is 3.70. The number of anilines is 1. The molecular formula is C10H8N2O2S. The van der Waals surface area contributed by atoms with Gasteiger partial charge >= 0.3 is 5.97 Å². The van der Waals surface area contributed by atoms with Crippen LogP contribution < -0.4 is 5.73 Å². The van der Waals surface area contributed by atoms with E-state index in [-0.39, 0.29) is 11.4 Å². The molecule has 4 nitrogen and oxygen atoms in total. The van der Waals surface area contributed by atoms with Crippen LogP contribution in [0.5, 0.6) is 0 Å². The molecule has 2 aromatic rings. The number of aromatic nitrogens is 1. The molecule has 0 bridgehead atoms. The van der Waals surface area contributed by atoms with E-state index in [4.69, 9.17) is 10.8 Å². The van der Waals surface area contributed by atoms with Crippen molar-refractivity contribution >= 4 is 23.0 Å². The van der Waals surface area contributed by atoms with Gasteiger partial charge < -0.3 is 10.8 Å². The molecule has 0 unspecified atom stereocenters. The van der Waals surface area contributed by atoms with E-state index in [0.29, 0.717) is 5.69 Å². The molecule has 0 amide bonds. The topological polar surface area (TPSA) is 76.2 Å². The first-order chi connectivity index (χ1) is 7.18. The number of carbonyl (C=O) groups is 1. The lowest BCUT2D eigenvalue weighted by Crippen LogP contribution is -2.05. The number of carboxylic acids is 1. The van der Waals surface area contributed by atoms with Gasteiger partial charge in [0.05, 0.1) is 16.3 Å². The summed E-state index contributed by atoms with van der Waals surface area (Å²) in [6.45, 7) is 0. The lowest BCUT2D eigenvalue weighted by Gasteiger charge is -2.02. The van der Waals surface area contributed by atoms with Crippen molar-refractivity contribution in [3.8, 4) is 10.6 Å². The highest BCUT2D eigenvalue weighted by molar-refractivity contribution is 7.13. The van der Waals surface area contributed by atoms with Gasteiger partial charge in [0.2, 0.25) is 0 Å². The van der Waals surface area contributed by atoms with Gasteiger partial charge in [-0.25, -0.2) is 9.78 Å². The Labute approximate surface area is 90.0 Å². The number of hydrogen-bond acceptors (Lipinski definition) is 4. The van der Waals surface area contributed by atoms with Crippen molar-refractivity contribution < 1.29 is 9.90 Å². The van der Waals surface area contributed by atoms with E-state index < -0.39 is 5.97 Å². The minimum Gasteiger partial charge on any atom is -0.476 e. The number of nitrogens with zero attached hydrogens (tertiary/aromatic N) is 1. The summed E-state index contributed by atoms with van der Waals surface area (Å²) in [5.41, 5.74) is 6.23. The van der Waals surface area contributed by atoms with Gasteiger partial charge in [-0.1, -0.05) is 6.07 Å². The average Bonchev–Trinajstić information content (AvgIpc) is 2.71. The monoisotopic (exact) mass is 220 g/mol. The van der Waals surface area contributed by atoms with Gasteiger partial charge in [-0.15, -0.1) is 11.3 Å². The van der Waals surface area contributed by atoms with Gasteiger partial charge in [0, 0.05) is 0 Å². The van der Waals surface area contributed by atoms with Crippen molar-refractivity contribution in [1.29, 1.82) is 0 Å². The summed E-state index contributed by atoms with van der Waals surface area (Å²) in [5, 5.41) is 10.8. The second-order valence-electron chi connectivity index (χ2n) is 2.92. The molecule has 0 radical (unpaired) electrons. The number of nitrogen functional groups attached to an aromatic ring is 1. The molecule has 0 aliphatic carbocycles. The van der Waals surface area contributed by atoms with Gasteiger partial charge in [-0.3, -0.25) is 0 Å². The predicted molar refractivity (Wildman–Crippen MR) is 58.9 cm³/mol. The third-order valence-electron chi connectivity index (χ3n) is 1.90. The highest BCUT2D eigenvalue weighted by Gasteiger charge is 2.11. The predicted octanol–water partition coefficient (Wildman–Crippen LogP) is 2.09. The Balaban J connectivity index is 2.52. The second-order valence-corrected chi connectivity index (χ2v) is 3.86. The van der Waals surface area contributed by atoms with Crippen molar-refractivity contribution in [1.82, 2.24) is 4.98 Å². The van der Waals surface area contributed by atoms with Crippen molar-refractivity contribution in [2.45, 2.75) is 0 Å². The molecule has 5 heteroatoms. The van der Waals surface area contributed by atoms with Gasteiger partial charge in [0.25, 0.3) is 0 Å². The van der Waals surface area contributed by atoms with Crippen molar-refractivity contribution in [2.75, 3.05) is 5.73 Å². The van der Waals surface area contributed by atoms with Gasteiger partial charge in [-0.05, 0) is 23.6 Å². The zero-order chi connectivity index (χ0) is 10.8. The molecule has 2 rings (SSSR count). The number of nitrogens with two attached hydrogens (primary N) is 1. The fourth-order valence-corrected chi connectivity index (χ4v) is 1.90. The highest BCUT2D eigenvalue weighted by atomic mass is 32.1. The van der Waals surface area contributed by atoms with Gasteiger partial charge in [0.1, 0.15) is 0 Å². The van der Waals surface area contributed by atoms with Crippen LogP contribution in [0.2, 0.25) is 0 Å². The van der Waals surface area contributed by atoms with Crippen molar-refractivity contribution in [3.63, 3.8) is 0 Å². The Morgan fingerprint density at radius 3 is 2.80 bits per heavy atom. The molecule has 0 aliphatic rings. The summed E-state index contributed by atoms with van der Waals surface area (Å²) in [6.07, 6.45) is 0. The molecule has 0 saturated carbocycles. The number of hydrogen-bond donors (Lipinski definition) is 2. The molecule has 15 heavy (non-hydrogen) atoms. The molecule has 3 N–H and O–H groups in total. The zero-order valence-electron chi connectivity index (χ0n) is 7.68. The first kappa shape index (κ1) is 9.67. The van der Waals surface area contributed by atoms with E-state index >= 15 is 0 Å². The van der Waals surface area contributed by atoms with Crippen LogP contribution in [0.4, 0.5) is 5.69 Å². The minimum atomic E-state index is -1.11. The number of rotatable bonds is 2. The standard InChI is InChI=1S/C10H8N2O2S/c11-6-3-4-7(8-2-1-5-15-8)12-9(6)10(13)14/h1-5H,11H2,(H,13,14). The molecule has 0 fully saturated rings. The van der Waals surface area contributed by atoms with Crippen LogP contribution in [0.3, 0.4) is 0 Å². The van der Waals surface area contributed by atoms with Gasteiger partial charge in [0.15, 0.2) is 5.69 Å². The van der Waals surface area contributed by atoms with Crippen LogP contribution in [0.15, 0.2) is 29.6 Å². The Morgan fingerprint density at radius 1 is 1.40 bits per heavy atom. The smallest absolute Gasteiger partial charge is 0.356 e. The lowest BCUT2D eigenvalue weighted by atomic mass is 10.2. The van der Waals surface area contributed by atoms with Crippen LogP contribution in [-0.2, 0) is 0 Å². The molecule has 0 saturated heterocycles. The lowest BCUT2D eigenvalue weighted by molar-refractivity contribution is 0.0692. The van der Waals surface area contributed by atoms with E-state index in [0.717, 1.165) is 4.88 Å². The quantitative estimate of drug-likeness (QED) is 0.812. The summed E-state index contributed by atoms with van der Waals surface area (Å²) < 4.78 is 0. The number of aromatic carboxylic acids is 1. The van der Waals surface area contributed by atoms with Crippen molar-refractivity contribution in [2.24, 2.45) is 0 Å². The van der Waals surface area contributed by atoms with E-state index in [1.54, 1.807) is 12.1 Å². The number of thiophene rings is 1. The summed E-state index contributed by atoms with van der Waals surface area (Å²) in [7, 11) is 0. The maximum atomic E-state index is 10.8. The van der Waals surface area contributed by atoms with Crippen molar-refractivity contribution in [3.05, 3.63) is 35.3 Å². The Kier molecular flexibility index (Phi) is 2.39. The first-order valence-electron chi connectivity index (χ1n) is 4.22. The Hall–Kier alpha value is -1.88. The van der Waals surface area contributed by atoms with Gasteiger partial charge in [-0.2, -0.15) is 0 Å². The summed E-state index contributed by atoms with van der Waals surface area (Å²) in [6, 6.07) is 7.05. The molecule has 2 heterocycles. The average molecular weight is 220 g/mol. The molecule has 0 atom stereocenters. The third-order valence-corrected chi connectivity index (χ3v) is 2.80. The molecule has 0 aromatic carbocycles. The largest absolute Gasteiger partial charge is 0.476 e. The van der Waals surface area contributed by atoms with Crippen LogP contribution in [0.1, 0.15) is 10.5 Å². The zero-order valence-corrected chi connectivity index (χ0v) is 8.49. The van der Waals surface area contributed by atoms with Crippen LogP contribution >= 0.6 is 11.3 Å². The van der Waals surface area contributed by atoms with E-state index in [1.165, 1.54) is 11.3 Å². The summed E-state index contributed by atoms with van der Waals surface area (Å²) >= 11 is 1.51. The molecule has 0 spiro atoms. The van der Waals surface area contributed by atoms with E-state index in [9.17, 15) is 4.79 Å². The number of pyridine rings is 1. The normalized spacial score (nSPS) is 10.1. The van der Waals surface area contributed by atoms with Crippen LogP contribution in [0.25, 0.3) is 10.6 Å². The summed E-state index contributed by atoms with van der Waals surface area (Å²) in [5.74, 6) is -1.11. The molecule has 2 aromatic heterocycles. The van der Waals surface area contributed by atoms with E-state index in [2.05, 4.69) is 4.98 Å². The summed E-state index contributed by atoms with van der Waals surface area (Å²) in [4.78, 5) is 15.7. The Bertz CT molecular complexity index is 494. The minimum absolute atomic E-state index is 0.0964. The SMILES string of the molecule is Nc1ccc(-c2cccs2)nc1C(=O)O. The van der Waals surface area contributed by atoms with E-state index in [1.807, 2.05) is 17.5 Å². The first-order valence-corrected chi connectivity index (χ1v) is 5.10. The third kappa shape index (κ3) is 1.82. The molecule has 0 aliphatic heterocycles. The fraction of sp³-hybridized carbons (Fsp3) is 0. The maximum absolute atomic E-state index is 10.8.